The van der Waals surface area contributed by atoms with Crippen molar-refractivity contribution in [1.82, 2.24) is 4.90 Å². The normalized spacial score (nSPS) is 24.6. The maximum Gasteiger partial charge on any atom is 0.308 e. The number of hydrogen-bond acceptors (Lipinski definition) is 2. The van der Waals surface area contributed by atoms with E-state index < -0.39 is 11.9 Å². The second-order valence-corrected chi connectivity index (χ2v) is 6.15. The lowest BCUT2D eigenvalue weighted by Gasteiger charge is -2.31. The number of carbonyl (C=O) groups is 1. The number of benzene rings is 1. The van der Waals surface area contributed by atoms with Crippen LogP contribution in [-0.2, 0) is 4.79 Å². The van der Waals surface area contributed by atoms with Crippen LogP contribution in [0.3, 0.4) is 0 Å². The topological polar surface area (TPSA) is 40.5 Å². The first-order chi connectivity index (χ1) is 8.80. The molecule has 0 saturated carbocycles. The van der Waals surface area contributed by atoms with Crippen LogP contribution in [0.1, 0.15) is 32.3 Å². The molecule has 2 atom stereocenters. The molecule has 0 bridgehead atoms. The smallest absolute Gasteiger partial charge is 0.308 e. The highest BCUT2D eigenvalue weighted by Gasteiger charge is 2.42. The fourth-order valence-electron chi connectivity index (χ4n) is 2.69. The number of nitrogens with zero attached hydrogens (tertiary/aromatic N) is 1. The average Bonchev–Trinajstić information content (AvgIpc) is 2.74. The Morgan fingerprint density at radius 3 is 2.47 bits per heavy atom. The zero-order chi connectivity index (χ0) is 14.2. The highest BCUT2D eigenvalue weighted by atomic mass is 19.1. The van der Waals surface area contributed by atoms with E-state index in [1.165, 1.54) is 6.07 Å². The predicted octanol–water partition coefficient (Wildman–Crippen LogP) is 2.72. The summed E-state index contributed by atoms with van der Waals surface area (Å²) in [5.74, 6) is -1.98. The van der Waals surface area contributed by atoms with Crippen molar-refractivity contribution in [2.45, 2.75) is 32.2 Å². The van der Waals surface area contributed by atoms with Crippen molar-refractivity contribution < 1.29 is 14.3 Å². The van der Waals surface area contributed by atoms with Crippen LogP contribution in [0.5, 0.6) is 0 Å². The third-order valence-electron chi connectivity index (χ3n) is 3.89. The summed E-state index contributed by atoms with van der Waals surface area (Å²) in [7, 11) is 0. The van der Waals surface area contributed by atoms with Crippen molar-refractivity contribution in [1.29, 1.82) is 0 Å². The van der Waals surface area contributed by atoms with E-state index >= 15 is 0 Å². The summed E-state index contributed by atoms with van der Waals surface area (Å²) in [6, 6.07) is 6.48. The Bertz CT molecular complexity index is 481. The van der Waals surface area contributed by atoms with Crippen LogP contribution in [0.25, 0.3) is 0 Å². The Labute approximate surface area is 113 Å². The van der Waals surface area contributed by atoms with E-state index in [-0.39, 0.29) is 17.3 Å². The molecule has 1 aliphatic rings. The van der Waals surface area contributed by atoms with Crippen LogP contribution in [-0.4, -0.2) is 34.6 Å². The second kappa shape index (κ2) is 4.93. The first kappa shape index (κ1) is 14.0. The van der Waals surface area contributed by atoms with Gasteiger partial charge in [-0.3, -0.25) is 9.69 Å². The molecule has 0 amide bonds. The molecule has 0 spiro atoms. The maximum atomic E-state index is 13.9. The molecule has 1 saturated heterocycles. The molecular weight excluding hydrogens is 245 g/mol. The second-order valence-electron chi connectivity index (χ2n) is 6.15. The van der Waals surface area contributed by atoms with Crippen LogP contribution in [0.4, 0.5) is 4.39 Å². The summed E-state index contributed by atoms with van der Waals surface area (Å²) >= 11 is 0. The predicted molar refractivity (Wildman–Crippen MR) is 71.6 cm³/mol. The van der Waals surface area contributed by atoms with Crippen molar-refractivity contribution >= 4 is 5.97 Å². The molecular formula is C15H20FNO2. The Morgan fingerprint density at radius 2 is 1.95 bits per heavy atom. The molecule has 0 radical (unpaired) electrons. The number of hydrogen-bond donors (Lipinski definition) is 1. The minimum Gasteiger partial charge on any atom is -0.481 e. The summed E-state index contributed by atoms with van der Waals surface area (Å²) < 4.78 is 13.9. The number of carboxylic acid groups (broad SMARTS) is 1. The molecule has 3 nitrogen and oxygen atoms in total. The van der Waals surface area contributed by atoms with Crippen LogP contribution in [0, 0.1) is 11.7 Å². The standard InChI is InChI=1S/C15H20FNO2/c1-15(2,3)17-8-11(12(9-17)14(18)19)10-6-4-5-7-13(10)16/h4-7,11-12H,8-9H2,1-3H3,(H,18,19)/t11-,12+/m0/s1. The Kier molecular flexibility index (Phi) is 3.63. The van der Waals surface area contributed by atoms with Crippen molar-refractivity contribution in [2.75, 3.05) is 13.1 Å². The fraction of sp³-hybridized carbons (Fsp3) is 0.533. The van der Waals surface area contributed by atoms with Gasteiger partial charge in [-0.1, -0.05) is 18.2 Å². The number of rotatable bonds is 2. The van der Waals surface area contributed by atoms with Gasteiger partial charge in [-0.15, -0.1) is 0 Å². The SMILES string of the molecule is CC(C)(C)N1C[C@@H](C(=O)O)[C@H](c2ccccc2F)C1. The van der Waals surface area contributed by atoms with Gasteiger partial charge in [-0.05, 0) is 32.4 Å². The van der Waals surface area contributed by atoms with Gasteiger partial charge in [-0.25, -0.2) is 4.39 Å². The monoisotopic (exact) mass is 265 g/mol. The molecule has 1 heterocycles. The number of carboxylic acids is 1. The summed E-state index contributed by atoms with van der Waals surface area (Å²) in [4.78, 5) is 13.5. The maximum absolute atomic E-state index is 13.9. The first-order valence-corrected chi connectivity index (χ1v) is 6.53. The molecule has 4 heteroatoms. The van der Waals surface area contributed by atoms with Gasteiger partial charge in [0, 0.05) is 24.5 Å². The Hall–Kier alpha value is -1.42. The van der Waals surface area contributed by atoms with Gasteiger partial charge >= 0.3 is 5.97 Å². The molecule has 104 valence electrons. The van der Waals surface area contributed by atoms with E-state index in [0.29, 0.717) is 18.7 Å². The lowest BCUT2D eigenvalue weighted by Crippen LogP contribution is -2.40. The molecule has 19 heavy (non-hydrogen) atoms. The molecule has 1 N–H and O–H groups in total. The lowest BCUT2D eigenvalue weighted by molar-refractivity contribution is -0.141. The molecule has 0 aromatic heterocycles. The average molecular weight is 265 g/mol. The van der Waals surface area contributed by atoms with Crippen LogP contribution >= 0.6 is 0 Å². The van der Waals surface area contributed by atoms with Gasteiger partial charge in [0.05, 0.1) is 5.92 Å². The quantitative estimate of drug-likeness (QED) is 0.894. The highest BCUT2D eigenvalue weighted by molar-refractivity contribution is 5.72. The van der Waals surface area contributed by atoms with Gasteiger partial charge < -0.3 is 5.11 Å². The molecule has 1 fully saturated rings. The van der Waals surface area contributed by atoms with Gasteiger partial charge in [0.2, 0.25) is 0 Å². The number of aliphatic carboxylic acids is 1. The Morgan fingerprint density at radius 1 is 1.32 bits per heavy atom. The molecule has 2 rings (SSSR count). The van der Waals surface area contributed by atoms with Crippen molar-refractivity contribution in [2.24, 2.45) is 5.92 Å². The summed E-state index contributed by atoms with van der Waals surface area (Å²) in [6.07, 6.45) is 0. The zero-order valence-electron chi connectivity index (χ0n) is 11.6. The zero-order valence-corrected chi connectivity index (χ0v) is 11.6. The fourth-order valence-corrected chi connectivity index (χ4v) is 2.69. The largest absolute Gasteiger partial charge is 0.481 e. The molecule has 1 aromatic carbocycles. The van der Waals surface area contributed by atoms with Crippen LogP contribution in [0.15, 0.2) is 24.3 Å². The highest BCUT2D eigenvalue weighted by Crippen LogP contribution is 2.37. The van der Waals surface area contributed by atoms with Crippen LogP contribution < -0.4 is 0 Å². The molecule has 0 unspecified atom stereocenters. The van der Waals surface area contributed by atoms with E-state index in [4.69, 9.17) is 0 Å². The lowest BCUT2D eigenvalue weighted by atomic mass is 9.89. The molecule has 1 aliphatic heterocycles. The minimum atomic E-state index is -0.847. The molecule has 0 aliphatic carbocycles. The van der Waals surface area contributed by atoms with E-state index in [2.05, 4.69) is 25.7 Å². The van der Waals surface area contributed by atoms with E-state index in [0.717, 1.165) is 0 Å². The first-order valence-electron chi connectivity index (χ1n) is 6.53. The van der Waals surface area contributed by atoms with Gasteiger partial charge in [0.25, 0.3) is 0 Å². The number of halogens is 1. The molecule has 1 aromatic rings. The third-order valence-corrected chi connectivity index (χ3v) is 3.89. The van der Waals surface area contributed by atoms with Crippen molar-refractivity contribution in [3.05, 3.63) is 35.6 Å². The summed E-state index contributed by atoms with van der Waals surface area (Å²) in [5.41, 5.74) is 0.412. The van der Waals surface area contributed by atoms with Crippen LogP contribution in [0.2, 0.25) is 0 Å². The summed E-state index contributed by atoms with van der Waals surface area (Å²) in [6.45, 7) is 7.21. The van der Waals surface area contributed by atoms with E-state index in [1.807, 2.05) is 0 Å². The minimum absolute atomic E-state index is 0.103. The van der Waals surface area contributed by atoms with Gasteiger partial charge in [-0.2, -0.15) is 0 Å². The third kappa shape index (κ3) is 2.78. The summed E-state index contributed by atoms with van der Waals surface area (Å²) in [5, 5.41) is 9.37. The van der Waals surface area contributed by atoms with Gasteiger partial charge in [0.15, 0.2) is 0 Å². The van der Waals surface area contributed by atoms with E-state index in [9.17, 15) is 14.3 Å². The number of likely N-dealkylation sites (tertiary alicyclic amines) is 1. The van der Waals surface area contributed by atoms with Gasteiger partial charge in [0.1, 0.15) is 5.82 Å². The van der Waals surface area contributed by atoms with Crippen molar-refractivity contribution in [3.63, 3.8) is 0 Å². The van der Waals surface area contributed by atoms with Crippen molar-refractivity contribution in [3.8, 4) is 0 Å². The van der Waals surface area contributed by atoms with E-state index in [1.54, 1.807) is 18.2 Å². The Balaban J connectivity index is 2.33.